The lowest BCUT2D eigenvalue weighted by Crippen LogP contribution is -2.22. The minimum atomic E-state index is 0.408. The average Bonchev–Trinajstić information content (AvgIpc) is 3.23. The molecule has 1 fully saturated rings. The largest absolute Gasteiger partial charge is 0.497 e. The summed E-state index contributed by atoms with van der Waals surface area (Å²) < 4.78 is 7.21. The van der Waals surface area contributed by atoms with Gasteiger partial charge in [-0.3, -0.25) is 9.38 Å². The first-order valence-corrected chi connectivity index (χ1v) is 7.64. The molecule has 0 unspecified atom stereocenters. The predicted molar refractivity (Wildman–Crippen MR) is 87.7 cm³/mol. The first-order valence-electron chi connectivity index (χ1n) is 7.64. The summed E-state index contributed by atoms with van der Waals surface area (Å²) in [5, 5.41) is 6.76. The summed E-state index contributed by atoms with van der Waals surface area (Å²) in [6.07, 6.45) is 8.35. The normalized spacial score (nSPS) is 17.5. The molecule has 3 aromatic rings. The fourth-order valence-electron chi connectivity index (χ4n) is 2.82. The van der Waals surface area contributed by atoms with Gasteiger partial charge < -0.3 is 15.4 Å². The summed E-state index contributed by atoms with van der Waals surface area (Å²) in [6.45, 7) is 2.00. The third-order valence-corrected chi connectivity index (χ3v) is 4.03. The van der Waals surface area contributed by atoms with Gasteiger partial charge in [0, 0.05) is 24.8 Å². The molecular weight excluding hydrogens is 292 g/mol. The Labute approximate surface area is 133 Å². The molecule has 0 saturated carbocycles. The predicted octanol–water partition coefficient (Wildman–Crippen LogP) is 1.57. The van der Waals surface area contributed by atoms with Crippen molar-refractivity contribution in [1.29, 1.82) is 0 Å². The summed E-state index contributed by atoms with van der Waals surface area (Å²) in [7, 11) is 1.65. The maximum absolute atomic E-state index is 5.23. The maximum Gasteiger partial charge on any atom is 0.145 e. The minimum Gasteiger partial charge on any atom is -0.497 e. The summed E-state index contributed by atoms with van der Waals surface area (Å²) >= 11 is 0. The first-order chi connectivity index (χ1) is 11.3. The van der Waals surface area contributed by atoms with Crippen molar-refractivity contribution in [3.8, 4) is 17.1 Å². The van der Waals surface area contributed by atoms with Crippen molar-refractivity contribution in [1.82, 2.24) is 24.7 Å². The lowest BCUT2D eigenvalue weighted by molar-refractivity contribution is 0.414. The lowest BCUT2D eigenvalue weighted by atomic mass is 10.2. The number of rotatable bonds is 4. The number of anilines is 1. The van der Waals surface area contributed by atoms with Gasteiger partial charge >= 0.3 is 0 Å². The average molecular weight is 310 g/mol. The van der Waals surface area contributed by atoms with E-state index in [4.69, 9.17) is 4.74 Å². The number of hydrogen-bond donors (Lipinski definition) is 2. The van der Waals surface area contributed by atoms with Crippen LogP contribution >= 0.6 is 0 Å². The highest BCUT2D eigenvalue weighted by Gasteiger charge is 2.15. The summed E-state index contributed by atoms with van der Waals surface area (Å²) in [6, 6.07) is 4.20. The Kier molecular flexibility index (Phi) is 3.55. The second kappa shape index (κ2) is 5.85. The zero-order chi connectivity index (χ0) is 15.6. The van der Waals surface area contributed by atoms with Crippen LogP contribution in [-0.4, -0.2) is 45.6 Å². The molecule has 1 aliphatic heterocycles. The number of imidazole rings is 1. The number of ether oxygens (including phenoxy) is 1. The molecule has 0 amide bonds. The van der Waals surface area contributed by atoms with E-state index in [0.29, 0.717) is 6.04 Å². The molecule has 1 atom stereocenters. The van der Waals surface area contributed by atoms with Crippen LogP contribution in [0.3, 0.4) is 0 Å². The molecule has 1 saturated heterocycles. The molecule has 1 aliphatic rings. The monoisotopic (exact) mass is 310 g/mol. The zero-order valence-corrected chi connectivity index (χ0v) is 12.9. The molecule has 7 heteroatoms. The van der Waals surface area contributed by atoms with Crippen LogP contribution in [0.5, 0.6) is 5.75 Å². The molecule has 3 aromatic heterocycles. The SMILES string of the molecule is COc1ccn2c(-c3cncc(N[C@@H]4CCNC4)n3)cnc2c1. The molecule has 7 nitrogen and oxygen atoms in total. The van der Waals surface area contributed by atoms with E-state index >= 15 is 0 Å². The van der Waals surface area contributed by atoms with Gasteiger partial charge in [0.15, 0.2) is 0 Å². The van der Waals surface area contributed by atoms with E-state index in [-0.39, 0.29) is 0 Å². The van der Waals surface area contributed by atoms with Gasteiger partial charge in [0.05, 0.1) is 31.4 Å². The van der Waals surface area contributed by atoms with Gasteiger partial charge in [-0.05, 0) is 19.0 Å². The van der Waals surface area contributed by atoms with E-state index < -0.39 is 0 Å². The van der Waals surface area contributed by atoms with Crippen LogP contribution in [-0.2, 0) is 0 Å². The smallest absolute Gasteiger partial charge is 0.145 e. The van der Waals surface area contributed by atoms with E-state index in [0.717, 1.165) is 48.1 Å². The fraction of sp³-hybridized carbons (Fsp3) is 0.312. The van der Waals surface area contributed by atoms with Crippen LogP contribution in [0.1, 0.15) is 6.42 Å². The molecule has 0 aromatic carbocycles. The van der Waals surface area contributed by atoms with Crippen LogP contribution in [0.2, 0.25) is 0 Å². The summed E-state index contributed by atoms with van der Waals surface area (Å²) in [4.78, 5) is 13.4. The fourth-order valence-corrected chi connectivity index (χ4v) is 2.82. The number of pyridine rings is 1. The minimum absolute atomic E-state index is 0.408. The molecule has 4 heterocycles. The van der Waals surface area contributed by atoms with Gasteiger partial charge in [0.2, 0.25) is 0 Å². The zero-order valence-electron chi connectivity index (χ0n) is 12.9. The highest BCUT2D eigenvalue weighted by atomic mass is 16.5. The third-order valence-electron chi connectivity index (χ3n) is 4.03. The molecule has 4 rings (SSSR count). The van der Waals surface area contributed by atoms with Crippen molar-refractivity contribution in [2.24, 2.45) is 0 Å². The van der Waals surface area contributed by atoms with E-state index in [1.165, 1.54) is 0 Å². The van der Waals surface area contributed by atoms with Gasteiger partial charge in [-0.2, -0.15) is 0 Å². The van der Waals surface area contributed by atoms with Gasteiger partial charge in [-0.1, -0.05) is 0 Å². The van der Waals surface area contributed by atoms with Crippen LogP contribution in [0.25, 0.3) is 17.0 Å². The van der Waals surface area contributed by atoms with E-state index in [1.54, 1.807) is 25.7 Å². The van der Waals surface area contributed by atoms with Crippen LogP contribution in [0, 0.1) is 0 Å². The number of fused-ring (bicyclic) bond motifs is 1. The Hall–Kier alpha value is -2.67. The molecule has 0 aliphatic carbocycles. The molecular formula is C16H18N6O. The number of aromatic nitrogens is 4. The molecule has 2 N–H and O–H groups in total. The second-order valence-corrected chi connectivity index (χ2v) is 5.56. The molecule has 0 spiro atoms. The summed E-state index contributed by atoms with van der Waals surface area (Å²) in [5.74, 6) is 1.57. The first kappa shape index (κ1) is 14.0. The quantitative estimate of drug-likeness (QED) is 0.762. The Morgan fingerprint density at radius 1 is 1.35 bits per heavy atom. The number of hydrogen-bond acceptors (Lipinski definition) is 6. The van der Waals surface area contributed by atoms with Crippen LogP contribution in [0.4, 0.5) is 5.82 Å². The van der Waals surface area contributed by atoms with E-state index in [2.05, 4.69) is 25.6 Å². The summed E-state index contributed by atoms with van der Waals surface area (Å²) in [5.41, 5.74) is 2.52. The Bertz CT molecular complexity index is 824. The van der Waals surface area contributed by atoms with Gasteiger partial charge in [-0.15, -0.1) is 0 Å². The van der Waals surface area contributed by atoms with Crippen LogP contribution < -0.4 is 15.4 Å². The Morgan fingerprint density at radius 3 is 3.13 bits per heavy atom. The third kappa shape index (κ3) is 2.70. The second-order valence-electron chi connectivity index (χ2n) is 5.56. The highest BCUT2D eigenvalue weighted by Crippen LogP contribution is 2.22. The standard InChI is InChI=1S/C16H18N6O/c1-23-12-3-5-22-14(9-19-16(22)6-12)13-8-18-10-15(21-13)20-11-2-4-17-7-11/h3,5-6,8-11,17H,2,4,7H2,1H3,(H,20,21)/t11-/m1/s1. The van der Waals surface area contributed by atoms with Gasteiger partial charge in [-0.25, -0.2) is 9.97 Å². The van der Waals surface area contributed by atoms with Gasteiger partial charge in [0.25, 0.3) is 0 Å². The lowest BCUT2D eigenvalue weighted by Gasteiger charge is -2.12. The number of nitrogens with zero attached hydrogens (tertiary/aromatic N) is 4. The topological polar surface area (TPSA) is 76.4 Å². The van der Waals surface area contributed by atoms with Crippen molar-refractivity contribution >= 4 is 11.5 Å². The molecule has 0 bridgehead atoms. The van der Waals surface area contributed by atoms with Crippen molar-refractivity contribution in [2.75, 3.05) is 25.5 Å². The van der Waals surface area contributed by atoms with Crippen LogP contribution in [0.15, 0.2) is 36.9 Å². The number of methoxy groups -OCH3 is 1. The van der Waals surface area contributed by atoms with Crippen molar-refractivity contribution in [2.45, 2.75) is 12.5 Å². The molecule has 0 radical (unpaired) electrons. The highest BCUT2D eigenvalue weighted by molar-refractivity contribution is 5.61. The van der Waals surface area contributed by atoms with Crippen molar-refractivity contribution in [3.63, 3.8) is 0 Å². The van der Waals surface area contributed by atoms with E-state index in [9.17, 15) is 0 Å². The molecule has 23 heavy (non-hydrogen) atoms. The Balaban J connectivity index is 1.67. The van der Waals surface area contributed by atoms with E-state index in [1.807, 2.05) is 22.7 Å². The van der Waals surface area contributed by atoms with Crippen molar-refractivity contribution < 1.29 is 4.74 Å². The maximum atomic E-state index is 5.23. The van der Waals surface area contributed by atoms with Crippen molar-refractivity contribution in [3.05, 3.63) is 36.9 Å². The molecule has 118 valence electrons. The van der Waals surface area contributed by atoms with Gasteiger partial charge in [0.1, 0.15) is 22.9 Å². The Morgan fingerprint density at radius 2 is 2.30 bits per heavy atom. The number of nitrogens with one attached hydrogen (secondary N) is 2.